The highest BCUT2D eigenvalue weighted by molar-refractivity contribution is 5.91. The van der Waals surface area contributed by atoms with Crippen LogP contribution in [0.1, 0.15) is 26.3 Å². The molecule has 7 heteroatoms. The molecule has 0 saturated carbocycles. The first-order valence-corrected chi connectivity index (χ1v) is 7.32. The van der Waals surface area contributed by atoms with Gasteiger partial charge in [0.2, 0.25) is 17.7 Å². The minimum absolute atomic E-state index is 0.0569. The zero-order valence-electron chi connectivity index (χ0n) is 13.4. The Morgan fingerprint density at radius 1 is 1.17 bits per heavy atom. The van der Waals surface area contributed by atoms with Crippen molar-refractivity contribution >= 4 is 17.7 Å². The average Bonchev–Trinajstić information content (AvgIpc) is 2.45. The molecule has 6 nitrogen and oxygen atoms in total. The van der Waals surface area contributed by atoms with E-state index in [1.165, 1.54) is 25.1 Å². The van der Waals surface area contributed by atoms with Crippen molar-refractivity contribution in [2.24, 2.45) is 11.7 Å². The van der Waals surface area contributed by atoms with E-state index >= 15 is 0 Å². The number of halogens is 1. The van der Waals surface area contributed by atoms with Gasteiger partial charge in [-0.2, -0.15) is 0 Å². The summed E-state index contributed by atoms with van der Waals surface area (Å²) in [5.41, 5.74) is 5.57. The molecule has 3 amide bonds. The molecule has 1 rings (SSSR count). The van der Waals surface area contributed by atoms with Crippen molar-refractivity contribution in [2.75, 3.05) is 0 Å². The Kier molecular flexibility index (Phi) is 6.68. The van der Waals surface area contributed by atoms with Crippen molar-refractivity contribution in [2.45, 2.75) is 39.3 Å². The van der Waals surface area contributed by atoms with Gasteiger partial charge in [-0.15, -0.1) is 0 Å². The van der Waals surface area contributed by atoms with Crippen LogP contribution >= 0.6 is 0 Å². The number of hydrogen-bond donors (Lipinski definition) is 3. The molecular weight excluding hydrogens is 301 g/mol. The number of nitrogens with two attached hydrogens (primary N) is 1. The molecule has 0 heterocycles. The summed E-state index contributed by atoms with van der Waals surface area (Å²) in [6.07, 6.45) is -0.0569. The van der Waals surface area contributed by atoms with Crippen LogP contribution < -0.4 is 16.4 Å². The van der Waals surface area contributed by atoms with Crippen LogP contribution in [0.5, 0.6) is 0 Å². The minimum atomic E-state index is -1.06. The lowest BCUT2D eigenvalue weighted by Gasteiger charge is -2.24. The SMILES string of the molecule is CC(=O)N[C@@H](C(=O)N[C@H](Cc1ccccc1F)C(N)=O)C(C)C. The van der Waals surface area contributed by atoms with Gasteiger partial charge in [0.05, 0.1) is 0 Å². The zero-order valence-corrected chi connectivity index (χ0v) is 13.4. The number of benzene rings is 1. The Hall–Kier alpha value is -2.44. The normalized spacial score (nSPS) is 13.3. The molecule has 0 unspecified atom stereocenters. The lowest BCUT2D eigenvalue weighted by atomic mass is 10.0. The van der Waals surface area contributed by atoms with Crippen LogP contribution in [0.2, 0.25) is 0 Å². The number of primary amides is 1. The standard InChI is InChI=1S/C16H22FN3O3/c1-9(2)14(19-10(3)21)16(23)20-13(15(18)22)8-11-6-4-5-7-12(11)17/h4-7,9,13-14H,8H2,1-3H3,(H2,18,22)(H,19,21)(H,20,23)/t13-,14-/m1/s1. The highest BCUT2D eigenvalue weighted by Crippen LogP contribution is 2.10. The average molecular weight is 323 g/mol. The first-order chi connectivity index (χ1) is 10.7. The van der Waals surface area contributed by atoms with E-state index in [1.807, 2.05) is 0 Å². The van der Waals surface area contributed by atoms with Crippen LogP contribution in [0, 0.1) is 11.7 Å². The van der Waals surface area contributed by atoms with E-state index in [0.29, 0.717) is 0 Å². The number of amides is 3. The van der Waals surface area contributed by atoms with Crippen LogP contribution in [0.3, 0.4) is 0 Å². The fraction of sp³-hybridized carbons (Fsp3) is 0.438. The summed E-state index contributed by atoms with van der Waals surface area (Å²) in [5.74, 6) is -2.32. The summed E-state index contributed by atoms with van der Waals surface area (Å²) in [4.78, 5) is 35.0. The number of carbonyl (C=O) groups excluding carboxylic acids is 3. The third kappa shape index (κ3) is 5.69. The second-order valence-electron chi connectivity index (χ2n) is 5.68. The monoisotopic (exact) mass is 323 g/mol. The lowest BCUT2D eigenvalue weighted by molar-refractivity contribution is -0.131. The first kappa shape index (κ1) is 18.6. The molecule has 0 aliphatic rings. The lowest BCUT2D eigenvalue weighted by Crippen LogP contribution is -2.55. The highest BCUT2D eigenvalue weighted by Gasteiger charge is 2.27. The summed E-state index contributed by atoms with van der Waals surface area (Å²) < 4.78 is 13.7. The van der Waals surface area contributed by atoms with E-state index in [4.69, 9.17) is 5.73 Å². The predicted molar refractivity (Wildman–Crippen MR) is 83.7 cm³/mol. The van der Waals surface area contributed by atoms with Crippen LogP contribution in [-0.4, -0.2) is 29.8 Å². The molecule has 0 radical (unpaired) electrons. The molecule has 1 aromatic rings. The minimum Gasteiger partial charge on any atom is -0.368 e. The predicted octanol–water partition coefficient (Wildman–Crippen LogP) is 0.499. The van der Waals surface area contributed by atoms with Gasteiger partial charge in [-0.3, -0.25) is 14.4 Å². The van der Waals surface area contributed by atoms with E-state index in [2.05, 4.69) is 10.6 Å². The number of nitrogens with one attached hydrogen (secondary N) is 2. The van der Waals surface area contributed by atoms with Crippen molar-refractivity contribution in [3.8, 4) is 0 Å². The first-order valence-electron chi connectivity index (χ1n) is 7.32. The molecule has 0 aromatic heterocycles. The molecule has 0 spiro atoms. The molecule has 23 heavy (non-hydrogen) atoms. The van der Waals surface area contributed by atoms with Crippen LogP contribution in [0.4, 0.5) is 4.39 Å². The van der Waals surface area contributed by atoms with Crippen LogP contribution in [0.15, 0.2) is 24.3 Å². The van der Waals surface area contributed by atoms with Gasteiger partial charge in [0.1, 0.15) is 17.9 Å². The molecule has 2 atom stereocenters. The second kappa shape index (κ2) is 8.26. The largest absolute Gasteiger partial charge is 0.368 e. The van der Waals surface area contributed by atoms with Crippen LogP contribution in [0.25, 0.3) is 0 Å². The van der Waals surface area contributed by atoms with E-state index in [-0.39, 0.29) is 23.8 Å². The Bertz CT molecular complexity index is 590. The molecule has 1 aromatic carbocycles. The number of carbonyl (C=O) groups is 3. The van der Waals surface area contributed by atoms with Crippen molar-refractivity contribution in [1.82, 2.24) is 10.6 Å². The third-order valence-electron chi connectivity index (χ3n) is 3.35. The number of hydrogen-bond acceptors (Lipinski definition) is 3. The van der Waals surface area contributed by atoms with Gasteiger partial charge in [0, 0.05) is 13.3 Å². The topological polar surface area (TPSA) is 101 Å². The maximum absolute atomic E-state index is 13.7. The molecule has 4 N–H and O–H groups in total. The van der Waals surface area contributed by atoms with Gasteiger partial charge >= 0.3 is 0 Å². The maximum atomic E-state index is 13.7. The van der Waals surface area contributed by atoms with Crippen molar-refractivity contribution in [3.63, 3.8) is 0 Å². The van der Waals surface area contributed by atoms with Gasteiger partial charge in [-0.05, 0) is 17.5 Å². The molecule has 0 bridgehead atoms. The third-order valence-corrected chi connectivity index (χ3v) is 3.35. The van der Waals surface area contributed by atoms with Gasteiger partial charge in [0.15, 0.2) is 0 Å². The molecular formula is C16H22FN3O3. The zero-order chi connectivity index (χ0) is 17.6. The molecule has 0 fully saturated rings. The maximum Gasteiger partial charge on any atom is 0.243 e. The molecule has 0 saturated heterocycles. The smallest absolute Gasteiger partial charge is 0.243 e. The van der Waals surface area contributed by atoms with E-state index in [0.717, 1.165) is 0 Å². The fourth-order valence-corrected chi connectivity index (χ4v) is 2.12. The van der Waals surface area contributed by atoms with Crippen molar-refractivity contribution < 1.29 is 18.8 Å². The molecule has 0 aliphatic carbocycles. The fourth-order valence-electron chi connectivity index (χ4n) is 2.12. The van der Waals surface area contributed by atoms with Gasteiger partial charge in [0.25, 0.3) is 0 Å². The Labute approximate surface area is 134 Å². The Balaban J connectivity index is 2.86. The molecule has 0 aliphatic heterocycles. The van der Waals surface area contributed by atoms with Gasteiger partial charge < -0.3 is 16.4 Å². The van der Waals surface area contributed by atoms with E-state index in [1.54, 1.807) is 19.9 Å². The van der Waals surface area contributed by atoms with Gasteiger partial charge in [-0.25, -0.2) is 4.39 Å². The summed E-state index contributed by atoms with van der Waals surface area (Å²) >= 11 is 0. The van der Waals surface area contributed by atoms with Crippen molar-refractivity contribution in [3.05, 3.63) is 35.6 Å². The number of rotatable bonds is 7. The second-order valence-corrected chi connectivity index (χ2v) is 5.68. The Morgan fingerprint density at radius 2 is 1.78 bits per heavy atom. The van der Waals surface area contributed by atoms with E-state index in [9.17, 15) is 18.8 Å². The van der Waals surface area contributed by atoms with E-state index < -0.39 is 29.7 Å². The van der Waals surface area contributed by atoms with Crippen molar-refractivity contribution in [1.29, 1.82) is 0 Å². The summed E-state index contributed by atoms with van der Waals surface area (Å²) in [5, 5.41) is 5.01. The molecule has 126 valence electrons. The van der Waals surface area contributed by atoms with Gasteiger partial charge in [-0.1, -0.05) is 32.0 Å². The quantitative estimate of drug-likeness (QED) is 0.681. The summed E-state index contributed by atoms with van der Waals surface area (Å²) in [6, 6.07) is 4.09. The Morgan fingerprint density at radius 3 is 2.26 bits per heavy atom. The van der Waals surface area contributed by atoms with Crippen LogP contribution in [-0.2, 0) is 20.8 Å². The highest BCUT2D eigenvalue weighted by atomic mass is 19.1. The summed E-state index contributed by atoms with van der Waals surface area (Å²) in [6.45, 7) is 4.82. The summed E-state index contributed by atoms with van der Waals surface area (Å²) in [7, 11) is 0.